The van der Waals surface area contributed by atoms with E-state index >= 15 is 0 Å². The van der Waals surface area contributed by atoms with Crippen molar-refractivity contribution in [3.63, 3.8) is 0 Å². The number of carbonyl (C=O) groups is 9. The molecule has 0 bridgehead atoms. The maximum atomic E-state index is 13.8. The quantitative estimate of drug-likeness (QED) is 0.129. The largest absolute Gasteiger partial charge is 0.480 e. The van der Waals surface area contributed by atoms with Crippen LogP contribution in [0.1, 0.15) is 80.2 Å². The van der Waals surface area contributed by atoms with Crippen molar-refractivity contribution < 1.29 is 63.2 Å². The molecule has 2 rings (SSSR count). The molecule has 0 aromatic heterocycles. The predicted octanol–water partition coefficient (Wildman–Crippen LogP) is 0.432. The van der Waals surface area contributed by atoms with Crippen LogP contribution in [-0.4, -0.2) is 143 Å². The maximum absolute atomic E-state index is 13.8. The van der Waals surface area contributed by atoms with Gasteiger partial charge in [-0.15, -0.1) is 0 Å². The number of ether oxygens (including phenoxy) is 1. The van der Waals surface area contributed by atoms with Gasteiger partial charge in [0.05, 0.1) is 30.6 Å². The van der Waals surface area contributed by atoms with E-state index in [1.165, 1.54) is 40.8 Å². The van der Waals surface area contributed by atoms with E-state index in [0.29, 0.717) is 6.42 Å². The molecule has 0 radical (unpaired) electrons. The molecule has 0 aliphatic carbocycles. The van der Waals surface area contributed by atoms with E-state index in [2.05, 4.69) is 31.9 Å². The molecule has 366 valence electrons. The molecule has 1 heterocycles. The summed E-state index contributed by atoms with van der Waals surface area (Å²) in [6.45, 7) is 11.6. The van der Waals surface area contributed by atoms with Crippen LogP contribution < -0.4 is 31.9 Å². The number of hydrogen-bond acceptors (Lipinski definition) is 11. The summed E-state index contributed by atoms with van der Waals surface area (Å²) >= 11 is 0. The van der Waals surface area contributed by atoms with Gasteiger partial charge in [-0.05, 0) is 51.5 Å². The fraction of sp³-hybridized carbons (Fsp3) is 0.587. The van der Waals surface area contributed by atoms with Crippen molar-refractivity contribution in [2.24, 2.45) is 23.7 Å². The molecule has 0 saturated carbocycles. The summed E-state index contributed by atoms with van der Waals surface area (Å²) in [4.78, 5) is 120. The zero-order valence-electron chi connectivity index (χ0n) is 39.5. The monoisotopic (exact) mass is 927 g/mol. The lowest BCUT2D eigenvalue weighted by Crippen LogP contribution is -2.59. The van der Waals surface area contributed by atoms with Gasteiger partial charge in [-0.2, -0.15) is 0 Å². The number of aliphatic hydroxyl groups is 1. The Labute approximate surface area is 386 Å². The fourth-order valence-electron chi connectivity index (χ4n) is 7.11. The van der Waals surface area contributed by atoms with Crippen molar-refractivity contribution >= 4 is 53.3 Å². The molecule has 1 aromatic rings. The Hall–Kier alpha value is -6.15. The minimum absolute atomic E-state index is 0.0118. The number of hydrogen-bond donors (Lipinski definition) is 9. The molecule has 1 saturated heterocycles. The Morgan fingerprint density at radius 3 is 1.89 bits per heavy atom. The van der Waals surface area contributed by atoms with E-state index in [1.807, 2.05) is 43.3 Å². The summed E-state index contributed by atoms with van der Waals surface area (Å²) in [6.07, 6.45) is 4.64. The number of amides is 7. The topological polar surface area (TPSA) is 299 Å². The van der Waals surface area contributed by atoms with Crippen LogP contribution in [0.5, 0.6) is 0 Å². The van der Waals surface area contributed by atoms with Gasteiger partial charge in [-0.1, -0.05) is 88.8 Å². The first-order valence-electron chi connectivity index (χ1n) is 22.0. The maximum Gasteiger partial charge on any atom is 0.327 e. The Morgan fingerprint density at radius 2 is 1.35 bits per heavy atom. The van der Waals surface area contributed by atoms with Crippen molar-refractivity contribution in [2.45, 2.75) is 129 Å². The minimum Gasteiger partial charge on any atom is -0.480 e. The van der Waals surface area contributed by atoms with Crippen LogP contribution in [0.2, 0.25) is 0 Å². The van der Waals surface area contributed by atoms with Crippen LogP contribution in [0.3, 0.4) is 0 Å². The average molecular weight is 928 g/mol. The van der Waals surface area contributed by atoms with E-state index in [0.717, 1.165) is 16.0 Å². The molecule has 1 fully saturated rings. The highest BCUT2D eigenvalue weighted by molar-refractivity contribution is 5.97. The fourth-order valence-corrected chi connectivity index (χ4v) is 7.11. The van der Waals surface area contributed by atoms with E-state index in [1.54, 1.807) is 34.0 Å². The molecule has 9 N–H and O–H groups in total. The standard InChI is InChI=1S/C46H69N7O13/c1-24(2)20-34-43(60)52-38(46(64)65)28(6)40(57)47-29(7)41(58)49-32(17-16-25(3)21-26(4)36(66-10)22-31-14-12-11-13-15-31)27(5)39(56)50-33(45(62)63)18-19-37(55)53(9)35(23-54)44(61)48-30(8)42(59)51-34/h11-17,21,24,26-30,32-36,38,54H,18-20,22-23H2,1-10H3,(H,47,57)(H,48,61)(H,49,58)(H,50,56)(H,51,59)(H,52,60)(H,62,63)(H,64,65)/b17-16+,25-21+/t26-,27-,28-,29-,30+,32-,33+,34-,35-,36-,38+/m0/s1. The highest BCUT2D eigenvalue weighted by Crippen LogP contribution is 2.18. The minimum atomic E-state index is -1.84. The van der Waals surface area contributed by atoms with Gasteiger partial charge in [0.25, 0.3) is 0 Å². The molecule has 0 unspecified atom stereocenters. The van der Waals surface area contributed by atoms with Crippen LogP contribution in [0, 0.1) is 23.7 Å². The normalized spacial score (nSPS) is 27.6. The molecule has 0 spiro atoms. The van der Waals surface area contributed by atoms with Crippen molar-refractivity contribution in [3.05, 3.63) is 59.7 Å². The van der Waals surface area contributed by atoms with Crippen molar-refractivity contribution in [2.75, 3.05) is 20.8 Å². The van der Waals surface area contributed by atoms with Crippen LogP contribution in [0.4, 0.5) is 0 Å². The Kier molecular flexibility index (Phi) is 22.7. The molecule has 66 heavy (non-hydrogen) atoms. The number of aliphatic hydroxyl groups excluding tert-OH is 1. The molecule has 1 aliphatic heterocycles. The molecular formula is C46H69N7O13. The first kappa shape index (κ1) is 56.0. The number of nitrogens with one attached hydrogen (secondary N) is 6. The van der Waals surface area contributed by atoms with E-state index in [9.17, 15) is 58.5 Å². The van der Waals surface area contributed by atoms with Crippen LogP contribution in [-0.2, 0) is 54.3 Å². The number of carboxylic acid groups (broad SMARTS) is 2. The highest BCUT2D eigenvalue weighted by atomic mass is 16.5. The smallest absolute Gasteiger partial charge is 0.327 e. The van der Waals surface area contributed by atoms with Gasteiger partial charge in [-0.25, -0.2) is 9.59 Å². The number of allylic oxidation sites excluding steroid dienone is 2. The van der Waals surface area contributed by atoms with Gasteiger partial charge >= 0.3 is 11.9 Å². The third-order valence-corrected chi connectivity index (χ3v) is 11.4. The molecule has 20 nitrogen and oxygen atoms in total. The SMILES string of the molecule is CO[C@@H](Cc1ccccc1)[C@@H](C)/C=C(C)/C=C/[C@@H]1NC(=O)[C@H](C)NC(=O)[C@@H](C)[C@H](C(=O)O)NC(=O)[C@H](CC(C)C)NC(=O)[C@@H](C)NC(=O)[C@H](CO)N(C)C(=O)CC[C@H](C(=O)O)NC(=O)[C@H]1C. The number of likely N-dealkylation sites (N-methyl/N-ethyl adjacent to an activating group) is 1. The Balaban J connectivity index is 2.60. The Bertz CT molecular complexity index is 1940. The van der Waals surface area contributed by atoms with Gasteiger partial charge in [0.1, 0.15) is 36.3 Å². The number of nitrogens with zero attached hydrogens (tertiary/aromatic N) is 1. The van der Waals surface area contributed by atoms with E-state index in [4.69, 9.17) is 4.74 Å². The number of carboxylic acids is 2. The predicted molar refractivity (Wildman–Crippen MR) is 242 cm³/mol. The molecule has 7 amide bonds. The number of benzene rings is 1. The lowest BCUT2D eigenvalue weighted by Gasteiger charge is -2.28. The van der Waals surface area contributed by atoms with E-state index in [-0.39, 0.29) is 24.4 Å². The van der Waals surface area contributed by atoms with Crippen LogP contribution in [0.15, 0.2) is 54.1 Å². The van der Waals surface area contributed by atoms with Crippen LogP contribution in [0.25, 0.3) is 0 Å². The second-order valence-corrected chi connectivity index (χ2v) is 17.3. The summed E-state index contributed by atoms with van der Waals surface area (Å²) in [6, 6.07) is -0.363. The molecule has 1 aromatic carbocycles. The first-order chi connectivity index (χ1) is 30.9. The molecule has 1 aliphatic rings. The number of carbonyl (C=O) groups excluding carboxylic acids is 7. The summed E-state index contributed by atoms with van der Waals surface area (Å²) in [5, 5.41) is 45.1. The third kappa shape index (κ3) is 17.3. The van der Waals surface area contributed by atoms with Crippen molar-refractivity contribution in [1.29, 1.82) is 0 Å². The average Bonchev–Trinajstić information content (AvgIpc) is 3.25. The molecule has 11 atom stereocenters. The highest BCUT2D eigenvalue weighted by Gasteiger charge is 2.37. The number of rotatable bonds is 12. The van der Waals surface area contributed by atoms with Gasteiger partial charge in [0, 0.05) is 26.5 Å². The van der Waals surface area contributed by atoms with Gasteiger partial charge in [0.2, 0.25) is 41.4 Å². The number of methoxy groups -OCH3 is 1. The van der Waals surface area contributed by atoms with Gasteiger partial charge < -0.3 is 56.9 Å². The summed E-state index contributed by atoms with van der Waals surface area (Å²) in [7, 11) is 2.80. The van der Waals surface area contributed by atoms with Gasteiger partial charge in [-0.3, -0.25) is 33.6 Å². The van der Waals surface area contributed by atoms with Crippen LogP contribution >= 0.6 is 0 Å². The van der Waals surface area contributed by atoms with Crippen molar-refractivity contribution in [1.82, 2.24) is 36.8 Å². The second kappa shape index (κ2) is 26.7. The summed E-state index contributed by atoms with van der Waals surface area (Å²) in [5.41, 5.74) is 1.80. The van der Waals surface area contributed by atoms with Gasteiger partial charge in [0.15, 0.2) is 0 Å². The van der Waals surface area contributed by atoms with E-state index < -0.39 is 127 Å². The summed E-state index contributed by atoms with van der Waals surface area (Å²) in [5.74, 6) is -12.2. The third-order valence-electron chi connectivity index (χ3n) is 11.4. The zero-order chi connectivity index (χ0) is 50.0. The van der Waals surface area contributed by atoms with Crippen molar-refractivity contribution in [3.8, 4) is 0 Å². The number of aliphatic carboxylic acids is 2. The first-order valence-corrected chi connectivity index (χ1v) is 22.0. The lowest BCUT2D eigenvalue weighted by atomic mass is 9.94. The lowest BCUT2D eigenvalue weighted by molar-refractivity contribution is -0.146. The second-order valence-electron chi connectivity index (χ2n) is 17.3. The zero-order valence-corrected chi connectivity index (χ0v) is 39.5. The summed E-state index contributed by atoms with van der Waals surface area (Å²) < 4.78 is 5.78. The molecule has 20 heteroatoms. The molecular weight excluding hydrogens is 859 g/mol. The Morgan fingerprint density at radius 1 is 0.773 bits per heavy atom.